The fraction of sp³-hybridized carbons (Fsp3) is 0.235. The normalized spacial score (nSPS) is 12.7. The van der Waals surface area contributed by atoms with Crippen molar-refractivity contribution in [2.45, 2.75) is 25.9 Å². The number of aromatic nitrogens is 2. The van der Waals surface area contributed by atoms with Crippen molar-refractivity contribution < 1.29 is 0 Å². The predicted octanol–water partition coefficient (Wildman–Crippen LogP) is 3.58. The van der Waals surface area contributed by atoms with Gasteiger partial charge in [0, 0.05) is 25.0 Å². The van der Waals surface area contributed by atoms with Gasteiger partial charge in [0.05, 0.1) is 5.69 Å². The number of imidazole rings is 1. The second-order valence-electron chi connectivity index (χ2n) is 4.95. The van der Waals surface area contributed by atoms with Gasteiger partial charge in [-0.15, -0.1) is 0 Å². The van der Waals surface area contributed by atoms with Crippen LogP contribution in [-0.4, -0.2) is 9.38 Å². The number of benzene rings is 1. The summed E-state index contributed by atoms with van der Waals surface area (Å²) in [5, 5.41) is 3.59. The SMILES string of the molecule is CCC(NCc1cn2ccccc2n1)c1ccccc1. The van der Waals surface area contributed by atoms with E-state index in [1.807, 2.05) is 24.4 Å². The van der Waals surface area contributed by atoms with Gasteiger partial charge in [0.2, 0.25) is 0 Å². The fourth-order valence-corrected chi connectivity index (χ4v) is 2.48. The summed E-state index contributed by atoms with van der Waals surface area (Å²) in [6.45, 7) is 2.99. The van der Waals surface area contributed by atoms with Crippen molar-refractivity contribution in [3.8, 4) is 0 Å². The van der Waals surface area contributed by atoms with Crippen LogP contribution < -0.4 is 5.32 Å². The number of hydrogen-bond acceptors (Lipinski definition) is 2. The molecule has 0 aliphatic carbocycles. The van der Waals surface area contributed by atoms with Crippen LogP contribution in [0.2, 0.25) is 0 Å². The summed E-state index contributed by atoms with van der Waals surface area (Å²) in [5.41, 5.74) is 3.40. The zero-order chi connectivity index (χ0) is 13.8. The van der Waals surface area contributed by atoms with Crippen molar-refractivity contribution in [3.05, 3.63) is 72.2 Å². The van der Waals surface area contributed by atoms with Crippen molar-refractivity contribution in [2.24, 2.45) is 0 Å². The van der Waals surface area contributed by atoms with Crippen LogP contribution in [-0.2, 0) is 6.54 Å². The summed E-state index contributed by atoms with van der Waals surface area (Å²) in [6.07, 6.45) is 5.18. The first-order valence-corrected chi connectivity index (χ1v) is 7.08. The molecule has 3 nitrogen and oxygen atoms in total. The van der Waals surface area contributed by atoms with Crippen LogP contribution in [0.25, 0.3) is 5.65 Å². The van der Waals surface area contributed by atoms with Gasteiger partial charge in [0.1, 0.15) is 5.65 Å². The van der Waals surface area contributed by atoms with E-state index in [2.05, 4.69) is 58.2 Å². The van der Waals surface area contributed by atoms with E-state index in [0.717, 1.165) is 24.3 Å². The van der Waals surface area contributed by atoms with Crippen LogP contribution in [0.3, 0.4) is 0 Å². The van der Waals surface area contributed by atoms with Crippen LogP contribution in [0.15, 0.2) is 60.9 Å². The molecule has 3 heteroatoms. The molecule has 3 aromatic rings. The van der Waals surface area contributed by atoms with Crippen LogP contribution in [0.5, 0.6) is 0 Å². The smallest absolute Gasteiger partial charge is 0.137 e. The van der Waals surface area contributed by atoms with E-state index >= 15 is 0 Å². The van der Waals surface area contributed by atoms with E-state index in [4.69, 9.17) is 0 Å². The van der Waals surface area contributed by atoms with E-state index in [-0.39, 0.29) is 0 Å². The minimum atomic E-state index is 0.376. The zero-order valence-electron chi connectivity index (χ0n) is 11.7. The van der Waals surface area contributed by atoms with Gasteiger partial charge in [0.15, 0.2) is 0 Å². The monoisotopic (exact) mass is 265 g/mol. The highest BCUT2D eigenvalue weighted by Crippen LogP contribution is 2.16. The van der Waals surface area contributed by atoms with Crippen LogP contribution in [0, 0.1) is 0 Å². The highest BCUT2D eigenvalue weighted by molar-refractivity contribution is 5.39. The van der Waals surface area contributed by atoms with E-state index in [1.165, 1.54) is 5.56 Å². The number of nitrogens with one attached hydrogen (secondary N) is 1. The molecule has 0 aliphatic heterocycles. The molecule has 20 heavy (non-hydrogen) atoms. The molecule has 102 valence electrons. The minimum absolute atomic E-state index is 0.376. The second-order valence-corrected chi connectivity index (χ2v) is 4.95. The number of rotatable bonds is 5. The first kappa shape index (κ1) is 12.9. The third-order valence-electron chi connectivity index (χ3n) is 3.55. The highest BCUT2D eigenvalue weighted by Gasteiger charge is 2.09. The Kier molecular flexibility index (Phi) is 3.79. The van der Waals surface area contributed by atoms with Crippen LogP contribution in [0.4, 0.5) is 0 Å². The summed E-state index contributed by atoms with van der Waals surface area (Å²) in [6, 6.07) is 17.0. The second kappa shape index (κ2) is 5.88. The summed E-state index contributed by atoms with van der Waals surface area (Å²) in [5.74, 6) is 0. The largest absolute Gasteiger partial charge is 0.307 e. The average molecular weight is 265 g/mol. The lowest BCUT2D eigenvalue weighted by molar-refractivity contribution is 0.515. The van der Waals surface area contributed by atoms with Gasteiger partial charge >= 0.3 is 0 Å². The van der Waals surface area contributed by atoms with Crippen molar-refractivity contribution in [3.63, 3.8) is 0 Å². The lowest BCUT2D eigenvalue weighted by Crippen LogP contribution is -2.20. The number of hydrogen-bond donors (Lipinski definition) is 1. The topological polar surface area (TPSA) is 29.3 Å². The molecule has 1 N–H and O–H groups in total. The summed E-state index contributed by atoms with van der Waals surface area (Å²) < 4.78 is 2.06. The predicted molar refractivity (Wildman–Crippen MR) is 81.5 cm³/mol. The van der Waals surface area contributed by atoms with E-state index in [9.17, 15) is 0 Å². The number of pyridine rings is 1. The molecule has 0 bridgehead atoms. The summed E-state index contributed by atoms with van der Waals surface area (Å²) >= 11 is 0. The Labute approximate surface area is 119 Å². The summed E-state index contributed by atoms with van der Waals surface area (Å²) in [4.78, 5) is 4.61. The Hall–Kier alpha value is -2.13. The lowest BCUT2D eigenvalue weighted by Gasteiger charge is -2.16. The Bertz CT molecular complexity index is 640. The third kappa shape index (κ3) is 2.73. The van der Waals surface area contributed by atoms with Gasteiger partial charge in [-0.25, -0.2) is 4.98 Å². The van der Waals surface area contributed by atoms with Crippen molar-refractivity contribution in [1.29, 1.82) is 0 Å². The number of fused-ring (bicyclic) bond motifs is 1. The zero-order valence-corrected chi connectivity index (χ0v) is 11.7. The maximum absolute atomic E-state index is 4.61. The molecular formula is C17H19N3. The fourth-order valence-electron chi connectivity index (χ4n) is 2.48. The van der Waals surface area contributed by atoms with Crippen LogP contribution in [0.1, 0.15) is 30.6 Å². The third-order valence-corrected chi connectivity index (χ3v) is 3.55. The molecule has 0 radical (unpaired) electrons. The van der Waals surface area contributed by atoms with E-state index in [1.54, 1.807) is 0 Å². The molecule has 0 saturated carbocycles. The van der Waals surface area contributed by atoms with Gasteiger partial charge in [-0.05, 0) is 24.1 Å². The highest BCUT2D eigenvalue weighted by atomic mass is 15.0. The molecule has 2 heterocycles. The van der Waals surface area contributed by atoms with Gasteiger partial charge < -0.3 is 9.72 Å². The molecule has 1 aromatic carbocycles. The molecule has 2 aromatic heterocycles. The summed E-state index contributed by atoms with van der Waals surface area (Å²) in [7, 11) is 0. The van der Waals surface area contributed by atoms with Gasteiger partial charge in [0.25, 0.3) is 0 Å². The quantitative estimate of drug-likeness (QED) is 0.764. The molecule has 0 amide bonds. The molecule has 3 rings (SSSR count). The van der Waals surface area contributed by atoms with Crippen molar-refractivity contribution in [2.75, 3.05) is 0 Å². The molecule has 0 aliphatic rings. The maximum atomic E-state index is 4.61. The Morgan fingerprint density at radius 1 is 1.10 bits per heavy atom. The van der Waals surface area contributed by atoms with Crippen LogP contribution >= 0.6 is 0 Å². The van der Waals surface area contributed by atoms with Crippen molar-refractivity contribution >= 4 is 5.65 Å². The molecule has 0 saturated heterocycles. The van der Waals surface area contributed by atoms with E-state index in [0.29, 0.717) is 6.04 Å². The first-order valence-electron chi connectivity index (χ1n) is 7.08. The Morgan fingerprint density at radius 3 is 2.65 bits per heavy atom. The average Bonchev–Trinajstić information content (AvgIpc) is 2.92. The standard InChI is InChI=1S/C17H19N3/c1-2-16(14-8-4-3-5-9-14)18-12-15-13-20-11-7-6-10-17(20)19-15/h3-11,13,16,18H,2,12H2,1H3. The minimum Gasteiger partial charge on any atom is -0.307 e. The van der Waals surface area contributed by atoms with Gasteiger partial charge in [-0.2, -0.15) is 0 Å². The molecule has 0 spiro atoms. The molecule has 1 unspecified atom stereocenters. The van der Waals surface area contributed by atoms with Gasteiger partial charge in [-0.3, -0.25) is 0 Å². The molecule has 0 fully saturated rings. The number of nitrogens with zero attached hydrogens (tertiary/aromatic N) is 2. The van der Waals surface area contributed by atoms with Gasteiger partial charge in [-0.1, -0.05) is 43.3 Å². The first-order chi connectivity index (χ1) is 9.86. The lowest BCUT2D eigenvalue weighted by atomic mass is 10.0. The Morgan fingerprint density at radius 2 is 1.90 bits per heavy atom. The van der Waals surface area contributed by atoms with Crippen molar-refractivity contribution in [1.82, 2.24) is 14.7 Å². The maximum Gasteiger partial charge on any atom is 0.137 e. The van der Waals surface area contributed by atoms with E-state index < -0.39 is 0 Å². The molecular weight excluding hydrogens is 246 g/mol. The molecule has 1 atom stereocenters. The Balaban J connectivity index is 1.71.